The average molecular weight is 234 g/mol. The molecule has 0 unspecified atom stereocenters. The Morgan fingerprint density at radius 1 is 1.53 bits per heavy atom. The van der Waals surface area contributed by atoms with Gasteiger partial charge in [0, 0.05) is 24.3 Å². The van der Waals surface area contributed by atoms with Gasteiger partial charge in [-0.1, -0.05) is 6.07 Å². The first kappa shape index (κ1) is 11.8. The Morgan fingerprint density at radius 3 is 2.88 bits per heavy atom. The lowest BCUT2D eigenvalue weighted by Crippen LogP contribution is -2.36. The number of hydrogen-bond acceptors (Lipinski definition) is 3. The van der Waals surface area contributed by atoms with Crippen LogP contribution in [0.1, 0.15) is 19.8 Å². The highest BCUT2D eigenvalue weighted by Crippen LogP contribution is 2.26. The summed E-state index contributed by atoms with van der Waals surface area (Å²) < 4.78 is 5.44. The molecule has 92 valence electrons. The molecule has 2 rings (SSSR count). The van der Waals surface area contributed by atoms with E-state index in [1.165, 1.54) is 0 Å². The number of anilines is 1. The molecular weight excluding hydrogens is 216 g/mol. The normalized spacial score (nSPS) is 14.4. The van der Waals surface area contributed by atoms with Crippen molar-refractivity contribution in [3.05, 3.63) is 24.3 Å². The number of likely N-dealkylation sites (N-methyl/N-ethyl adjacent to an activating group) is 1. The van der Waals surface area contributed by atoms with Crippen LogP contribution in [-0.2, 0) is 4.79 Å². The maximum atomic E-state index is 11.9. The number of carbonyl (C=O) groups excluding carboxylic acids is 1. The Hall–Kier alpha value is -1.71. The van der Waals surface area contributed by atoms with Gasteiger partial charge >= 0.3 is 0 Å². The van der Waals surface area contributed by atoms with Crippen LogP contribution in [0.3, 0.4) is 0 Å². The molecule has 1 fully saturated rings. The van der Waals surface area contributed by atoms with Gasteiger partial charge in [-0.15, -0.1) is 0 Å². The van der Waals surface area contributed by atoms with Crippen LogP contribution in [0.4, 0.5) is 5.69 Å². The van der Waals surface area contributed by atoms with Crippen LogP contribution in [0.2, 0.25) is 0 Å². The zero-order valence-electron chi connectivity index (χ0n) is 10.1. The largest absolute Gasteiger partial charge is 0.484 e. The lowest BCUT2D eigenvalue weighted by Gasteiger charge is -2.20. The van der Waals surface area contributed by atoms with Crippen molar-refractivity contribution in [1.29, 1.82) is 0 Å². The van der Waals surface area contributed by atoms with Gasteiger partial charge in [-0.3, -0.25) is 4.79 Å². The number of hydrogen-bond donors (Lipinski definition) is 1. The van der Waals surface area contributed by atoms with Crippen molar-refractivity contribution in [2.24, 2.45) is 0 Å². The van der Waals surface area contributed by atoms with E-state index in [4.69, 9.17) is 10.5 Å². The van der Waals surface area contributed by atoms with Crippen molar-refractivity contribution >= 4 is 11.6 Å². The van der Waals surface area contributed by atoms with Crippen LogP contribution >= 0.6 is 0 Å². The van der Waals surface area contributed by atoms with E-state index in [0.717, 1.165) is 19.4 Å². The zero-order valence-corrected chi connectivity index (χ0v) is 10.1. The molecule has 4 nitrogen and oxygen atoms in total. The van der Waals surface area contributed by atoms with Crippen molar-refractivity contribution in [2.45, 2.75) is 25.8 Å². The fourth-order valence-electron chi connectivity index (χ4n) is 1.86. The molecule has 0 atom stereocenters. The average Bonchev–Trinajstić information content (AvgIpc) is 3.12. The predicted molar refractivity (Wildman–Crippen MR) is 66.8 cm³/mol. The van der Waals surface area contributed by atoms with E-state index in [2.05, 4.69) is 0 Å². The van der Waals surface area contributed by atoms with Crippen molar-refractivity contribution in [3.8, 4) is 5.75 Å². The van der Waals surface area contributed by atoms with Crippen molar-refractivity contribution < 1.29 is 9.53 Å². The van der Waals surface area contributed by atoms with Crippen LogP contribution in [0.5, 0.6) is 5.75 Å². The number of nitrogen functional groups attached to an aromatic ring is 1. The molecule has 0 bridgehead atoms. The molecule has 1 aromatic carbocycles. The van der Waals surface area contributed by atoms with Gasteiger partial charge in [0.05, 0.1) is 0 Å². The van der Waals surface area contributed by atoms with Gasteiger partial charge in [0.2, 0.25) is 0 Å². The van der Waals surface area contributed by atoms with Gasteiger partial charge in [0.1, 0.15) is 5.75 Å². The highest BCUT2D eigenvalue weighted by molar-refractivity contribution is 5.78. The summed E-state index contributed by atoms with van der Waals surface area (Å²) in [7, 11) is 0. The monoisotopic (exact) mass is 234 g/mol. The topological polar surface area (TPSA) is 55.6 Å². The van der Waals surface area contributed by atoms with Crippen molar-refractivity contribution in [2.75, 3.05) is 18.9 Å². The first-order valence-corrected chi connectivity index (χ1v) is 5.98. The van der Waals surface area contributed by atoms with Crippen LogP contribution < -0.4 is 10.5 Å². The Labute approximate surface area is 101 Å². The number of benzene rings is 1. The fourth-order valence-corrected chi connectivity index (χ4v) is 1.86. The van der Waals surface area contributed by atoms with Crippen LogP contribution in [0.15, 0.2) is 24.3 Å². The summed E-state index contributed by atoms with van der Waals surface area (Å²) in [5.74, 6) is 0.697. The summed E-state index contributed by atoms with van der Waals surface area (Å²) in [5.41, 5.74) is 6.28. The van der Waals surface area contributed by atoms with Gasteiger partial charge < -0.3 is 15.4 Å². The lowest BCUT2D eigenvalue weighted by atomic mass is 10.3. The molecule has 4 heteroatoms. The third kappa shape index (κ3) is 3.12. The van der Waals surface area contributed by atoms with Gasteiger partial charge in [-0.2, -0.15) is 0 Å². The van der Waals surface area contributed by atoms with E-state index in [9.17, 15) is 4.79 Å². The molecule has 1 saturated carbocycles. The first-order valence-electron chi connectivity index (χ1n) is 5.98. The summed E-state index contributed by atoms with van der Waals surface area (Å²) in [5, 5.41) is 0. The summed E-state index contributed by atoms with van der Waals surface area (Å²) in [6, 6.07) is 7.57. The number of nitrogens with two attached hydrogens (primary N) is 1. The number of rotatable bonds is 5. The summed E-state index contributed by atoms with van der Waals surface area (Å²) in [4.78, 5) is 13.8. The van der Waals surface area contributed by atoms with E-state index < -0.39 is 0 Å². The maximum absolute atomic E-state index is 11.9. The molecule has 2 N–H and O–H groups in total. The van der Waals surface area contributed by atoms with Gasteiger partial charge in [0.15, 0.2) is 6.61 Å². The lowest BCUT2D eigenvalue weighted by molar-refractivity contribution is -0.133. The smallest absolute Gasteiger partial charge is 0.260 e. The Bertz CT molecular complexity index is 402. The minimum atomic E-state index is 0.0532. The van der Waals surface area contributed by atoms with E-state index in [1.807, 2.05) is 17.9 Å². The van der Waals surface area contributed by atoms with E-state index in [1.54, 1.807) is 18.2 Å². The number of amides is 1. The maximum Gasteiger partial charge on any atom is 0.260 e. The molecule has 0 aliphatic heterocycles. The van der Waals surface area contributed by atoms with Gasteiger partial charge in [-0.05, 0) is 31.9 Å². The van der Waals surface area contributed by atoms with Gasteiger partial charge in [0.25, 0.3) is 5.91 Å². The predicted octanol–water partition coefficient (Wildman–Crippen LogP) is 1.66. The SMILES string of the molecule is CCN(C(=O)COc1cccc(N)c1)C1CC1. The highest BCUT2D eigenvalue weighted by atomic mass is 16.5. The fraction of sp³-hybridized carbons (Fsp3) is 0.462. The number of ether oxygens (including phenoxy) is 1. The quantitative estimate of drug-likeness (QED) is 0.788. The highest BCUT2D eigenvalue weighted by Gasteiger charge is 2.31. The number of nitrogens with zero attached hydrogens (tertiary/aromatic N) is 1. The van der Waals surface area contributed by atoms with Gasteiger partial charge in [-0.25, -0.2) is 0 Å². The van der Waals surface area contributed by atoms with E-state index >= 15 is 0 Å². The Kier molecular flexibility index (Phi) is 3.52. The molecule has 0 aromatic heterocycles. The molecule has 0 saturated heterocycles. The molecule has 1 amide bonds. The minimum absolute atomic E-state index is 0.0532. The molecule has 1 aliphatic carbocycles. The molecular formula is C13H18N2O2. The van der Waals surface area contributed by atoms with Crippen molar-refractivity contribution in [1.82, 2.24) is 4.90 Å². The second-order valence-corrected chi connectivity index (χ2v) is 4.27. The zero-order chi connectivity index (χ0) is 12.3. The Balaban J connectivity index is 1.86. The third-order valence-electron chi connectivity index (χ3n) is 2.87. The first-order chi connectivity index (χ1) is 8.20. The summed E-state index contributed by atoms with van der Waals surface area (Å²) >= 11 is 0. The van der Waals surface area contributed by atoms with Crippen LogP contribution in [0, 0.1) is 0 Å². The molecule has 1 aliphatic rings. The standard InChI is InChI=1S/C13H18N2O2/c1-2-15(11-6-7-11)13(16)9-17-12-5-3-4-10(14)8-12/h3-5,8,11H,2,6-7,9,14H2,1H3. The van der Waals surface area contributed by atoms with Crippen LogP contribution in [0.25, 0.3) is 0 Å². The van der Waals surface area contributed by atoms with Crippen molar-refractivity contribution in [3.63, 3.8) is 0 Å². The minimum Gasteiger partial charge on any atom is -0.484 e. The second kappa shape index (κ2) is 5.08. The molecule has 1 aromatic rings. The molecule has 0 heterocycles. The molecule has 0 radical (unpaired) electrons. The number of carbonyl (C=O) groups is 1. The molecule has 0 spiro atoms. The third-order valence-corrected chi connectivity index (χ3v) is 2.87. The van der Waals surface area contributed by atoms with Crippen LogP contribution in [-0.4, -0.2) is 30.0 Å². The summed E-state index contributed by atoms with van der Waals surface area (Å²) in [6.45, 7) is 2.84. The second-order valence-electron chi connectivity index (χ2n) is 4.27. The molecule has 17 heavy (non-hydrogen) atoms. The van der Waals surface area contributed by atoms with E-state index in [-0.39, 0.29) is 12.5 Å². The summed E-state index contributed by atoms with van der Waals surface area (Å²) in [6.07, 6.45) is 2.25. The van der Waals surface area contributed by atoms with E-state index in [0.29, 0.717) is 17.5 Å². The Morgan fingerprint density at radius 2 is 2.29 bits per heavy atom.